The summed E-state index contributed by atoms with van der Waals surface area (Å²) in [6.07, 6.45) is 6.98. The van der Waals surface area contributed by atoms with Gasteiger partial charge in [0.15, 0.2) is 0 Å². The largest absolute Gasteiger partial charge is 0.496 e. The van der Waals surface area contributed by atoms with Crippen LogP contribution in [0.1, 0.15) is 59.5 Å². The molecule has 4 heteroatoms. The molecule has 1 saturated heterocycles. The minimum atomic E-state index is 0.0143. The maximum absolute atomic E-state index is 12.6. The minimum Gasteiger partial charge on any atom is -0.496 e. The van der Waals surface area contributed by atoms with Crippen molar-refractivity contribution in [1.29, 1.82) is 0 Å². The van der Waals surface area contributed by atoms with Gasteiger partial charge < -0.3 is 10.1 Å². The fourth-order valence-corrected chi connectivity index (χ4v) is 6.02. The SMILES string of the molecule is COc1cccc2c1CC[C@@H]1[C@H]2CCCN1CCCCNC(=O)c1ccc(-c2ccccc2)cc1. The molecule has 2 aliphatic rings. The molecule has 1 aliphatic heterocycles. The number of nitrogens with zero attached hydrogens (tertiary/aromatic N) is 1. The zero-order valence-corrected chi connectivity index (χ0v) is 20.7. The molecule has 2 atom stereocenters. The normalized spacial score (nSPS) is 19.5. The molecule has 0 unspecified atom stereocenters. The van der Waals surface area contributed by atoms with Gasteiger partial charge in [-0.15, -0.1) is 0 Å². The Bertz CT molecular complexity index is 1130. The molecule has 1 fully saturated rings. The number of rotatable bonds is 8. The molecule has 0 bridgehead atoms. The summed E-state index contributed by atoms with van der Waals surface area (Å²) >= 11 is 0. The van der Waals surface area contributed by atoms with Crippen molar-refractivity contribution in [3.63, 3.8) is 0 Å². The molecule has 3 aromatic rings. The van der Waals surface area contributed by atoms with Gasteiger partial charge in [-0.1, -0.05) is 54.6 Å². The van der Waals surface area contributed by atoms with Gasteiger partial charge in [0.2, 0.25) is 0 Å². The number of carbonyl (C=O) groups is 1. The number of ether oxygens (including phenoxy) is 1. The molecular formula is C31H36N2O2. The number of hydrogen-bond acceptors (Lipinski definition) is 3. The van der Waals surface area contributed by atoms with E-state index in [9.17, 15) is 4.79 Å². The van der Waals surface area contributed by atoms with Gasteiger partial charge in [-0.25, -0.2) is 0 Å². The Morgan fingerprint density at radius 1 is 0.943 bits per heavy atom. The highest BCUT2D eigenvalue weighted by Gasteiger charge is 2.36. The fraction of sp³-hybridized carbons (Fsp3) is 0.387. The molecule has 0 saturated carbocycles. The Kier molecular flexibility index (Phi) is 7.48. The number of benzene rings is 3. The van der Waals surface area contributed by atoms with Gasteiger partial charge in [-0.3, -0.25) is 9.69 Å². The molecule has 35 heavy (non-hydrogen) atoms. The molecule has 1 heterocycles. The van der Waals surface area contributed by atoms with Crippen LogP contribution in [0, 0.1) is 0 Å². The molecule has 0 spiro atoms. The van der Waals surface area contributed by atoms with Crippen molar-refractivity contribution in [2.75, 3.05) is 26.7 Å². The third-order valence-electron chi connectivity index (χ3n) is 7.78. The lowest BCUT2D eigenvalue weighted by Crippen LogP contribution is -2.46. The summed E-state index contributed by atoms with van der Waals surface area (Å²) in [4.78, 5) is 15.3. The van der Waals surface area contributed by atoms with E-state index in [1.165, 1.54) is 42.5 Å². The summed E-state index contributed by atoms with van der Waals surface area (Å²) in [6.45, 7) is 3.03. The summed E-state index contributed by atoms with van der Waals surface area (Å²) in [5, 5.41) is 3.11. The van der Waals surface area contributed by atoms with E-state index in [1.54, 1.807) is 7.11 Å². The highest BCUT2D eigenvalue weighted by molar-refractivity contribution is 5.94. The highest BCUT2D eigenvalue weighted by atomic mass is 16.5. The Hall–Kier alpha value is -3.11. The number of likely N-dealkylation sites (tertiary alicyclic amines) is 1. The number of piperidine rings is 1. The average Bonchev–Trinajstić information content (AvgIpc) is 2.92. The first-order valence-electron chi connectivity index (χ1n) is 13.1. The van der Waals surface area contributed by atoms with Gasteiger partial charge in [-0.05, 0) is 98.0 Å². The lowest BCUT2D eigenvalue weighted by atomic mass is 9.74. The van der Waals surface area contributed by atoms with Gasteiger partial charge in [-0.2, -0.15) is 0 Å². The van der Waals surface area contributed by atoms with Crippen LogP contribution < -0.4 is 10.1 Å². The Labute approximate surface area is 209 Å². The second-order valence-corrected chi connectivity index (χ2v) is 9.83. The van der Waals surface area contributed by atoms with Gasteiger partial charge in [0.05, 0.1) is 7.11 Å². The summed E-state index contributed by atoms with van der Waals surface area (Å²) in [6, 6.07) is 25.3. The molecule has 4 nitrogen and oxygen atoms in total. The van der Waals surface area contributed by atoms with Crippen molar-refractivity contribution in [3.05, 3.63) is 89.5 Å². The Morgan fingerprint density at radius 3 is 2.54 bits per heavy atom. The number of unbranched alkanes of at least 4 members (excludes halogenated alkanes) is 1. The molecule has 182 valence electrons. The van der Waals surface area contributed by atoms with Crippen molar-refractivity contribution in [2.45, 2.75) is 50.5 Å². The van der Waals surface area contributed by atoms with E-state index < -0.39 is 0 Å². The van der Waals surface area contributed by atoms with E-state index in [-0.39, 0.29) is 5.91 Å². The van der Waals surface area contributed by atoms with E-state index in [4.69, 9.17) is 4.74 Å². The van der Waals surface area contributed by atoms with Crippen LogP contribution in [0.25, 0.3) is 11.1 Å². The van der Waals surface area contributed by atoms with E-state index in [1.807, 2.05) is 42.5 Å². The van der Waals surface area contributed by atoms with Crippen LogP contribution in [0.2, 0.25) is 0 Å². The number of fused-ring (bicyclic) bond motifs is 3. The summed E-state index contributed by atoms with van der Waals surface area (Å²) in [5.41, 5.74) is 5.96. The maximum Gasteiger partial charge on any atom is 0.251 e. The molecule has 0 radical (unpaired) electrons. The van der Waals surface area contributed by atoms with Gasteiger partial charge in [0.25, 0.3) is 5.91 Å². The van der Waals surface area contributed by atoms with Crippen LogP contribution in [-0.2, 0) is 6.42 Å². The van der Waals surface area contributed by atoms with Crippen LogP contribution in [0.5, 0.6) is 5.75 Å². The van der Waals surface area contributed by atoms with E-state index in [0.717, 1.165) is 49.2 Å². The van der Waals surface area contributed by atoms with Crippen molar-refractivity contribution in [2.24, 2.45) is 0 Å². The molecular weight excluding hydrogens is 432 g/mol. The zero-order valence-electron chi connectivity index (χ0n) is 20.7. The average molecular weight is 469 g/mol. The first-order valence-corrected chi connectivity index (χ1v) is 13.1. The maximum atomic E-state index is 12.6. The van der Waals surface area contributed by atoms with Gasteiger partial charge in [0.1, 0.15) is 5.75 Å². The van der Waals surface area contributed by atoms with Crippen molar-refractivity contribution in [3.8, 4) is 16.9 Å². The summed E-state index contributed by atoms with van der Waals surface area (Å²) in [5.74, 6) is 1.70. The molecule has 1 N–H and O–H groups in total. The number of nitrogens with one attached hydrogen (secondary N) is 1. The van der Waals surface area contributed by atoms with Crippen LogP contribution in [0.4, 0.5) is 0 Å². The van der Waals surface area contributed by atoms with Crippen molar-refractivity contribution < 1.29 is 9.53 Å². The third-order valence-corrected chi connectivity index (χ3v) is 7.78. The smallest absolute Gasteiger partial charge is 0.251 e. The lowest BCUT2D eigenvalue weighted by molar-refractivity contribution is 0.0947. The second kappa shape index (κ2) is 11.1. The predicted molar refractivity (Wildman–Crippen MR) is 142 cm³/mol. The Balaban J connectivity index is 1.09. The van der Waals surface area contributed by atoms with Gasteiger partial charge >= 0.3 is 0 Å². The molecule has 1 amide bonds. The van der Waals surface area contributed by atoms with Crippen LogP contribution in [-0.4, -0.2) is 43.6 Å². The quantitative estimate of drug-likeness (QED) is 0.408. The molecule has 3 aromatic carbocycles. The highest BCUT2D eigenvalue weighted by Crippen LogP contribution is 2.43. The summed E-state index contributed by atoms with van der Waals surface area (Å²) in [7, 11) is 1.79. The summed E-state index contributed by atoms with van der Waals surface area (Å²) < 4.78 is 5.64. The minimum absolute atomic E-state index is 0.0143. The van der Waals surface area contributed by atoms with Crippen molar-refractivity contribution in [1.82, 2.24) is 10.2 Å². The number of hydrogen-bond donors (Lipinski definition) is 1. The van der Waals surface area contributed by atoms with Crippen LogP contribution in [0.15, 0.2) is 72.8 Å². The van der Waals surface area contributed by atoms with Crippen LogP contribution in [0.3, 0.4) is 0 Å². The third kappa shape index (κ3) is 5.28. The number of methoxy groups -OCH3 is 1. The van der Waals surface area contributed by atoms with Crippen molar-refractivity contribution >= 4 is 5.91 Å². The topological polar surface area (TPSA) is 41.6 Å². The van der Waals surface area contributed by atoms with Gasteiger partial charge in [0, 0.05) is 18.2 Å². The first-order chi connectivity index (χ1) is 17.2. The number of amides is 1. The number of carbonyl (C=O) groups excluding carboxylic acids is 1. The lowest BCUT2D eigenvalue weighted by Gasteiger charge is -2.45. The van der Waals surface area contributed by atoms with Crippen LogP contribution >= 0.6 is 0 Å². The molecule has 0 aromatic heterocycles. The zero-order chi connectivity index (χ0) is 24.0. The van der Waals surface area contributed by atoms with E-state index in [0.29, 0.717) is 12.0 Å². The monoisotopic (exact) mass is 468 g/mol. The molecule has 1 aliphatic carbocycles. The molecule has 5 rings (SSSR count). The first kappa shape index (κ1) is 23.6. The predicted octanol–water partition coefficient (Wildman–Crippen LogP) is 6.07. The Morgan fingerprint density at radius 2 is 1.74 bits per heavy atom. The van der Waals surface area contributed by atoms with E-state index in [2.05, 4.69) is 40.5 Å². The van der Waals surface area contributed by atoms with E-state index >= 15 is 0 Å². The standard InChI is InChI=1S/C31H36N2O2/c1-35-30-13-7-11-26-27-12-8-22-33(29(27)19-18-28(26)30)21-6-5-20-32-31(34)25-16-14-24(15-17-25)23-9-3-2-4-10-23/h2-4,7,9-11,13-17,27,29H,5-6,8,12,18-22H2,1H3,(H,32,34)/t27-,29+/m0/s1. The second-order valence-electron chi connectivity index (χ2n) is 9.83. The fourth-order valence-electron chi connectivity index (χ4n) is 6.02.